The summed E-state index contributed by atoms with van der Waals surface area (Å²) in [7, 11) is 0. The normalized spacial score (nSPS) is 13.1. The average Bonchev–Trinajstić information content (AvgIpc) is 1.96. The van der Waals surface area contributed by atoms with E-state index in [1.807, 2.05) is 6.92 Å². The summed E-state index contributed by atoms with van der Waals surface area (Å²) >= 11 is 10.1. The highest BCUT2D eigenvalue weighted by Crippen LogP contribution is 2.28. The molecule has 1 aromatic carbocycles. The maximum atomic E-state index is 13.0. The standard InChI is InChI=1S/C9H10ClFS/c1-5-3-8(10)7(6(2)12)4-9(5)11/h3-4,6,12H,1-2H3. The Hall–Kier alpha value is -0.210. The second-order valence-electron chi connectivity index (χ2n) is 2.80. The van der Waals surface area contributed by atoms with Gasteiger partial charge in [0.15, 0.2) is 0 Å². The lowest BCUT2D eigenvalue weighted by molar-refractivity contribution is 0.616. The number of halogens is 2. The van der Waals surface area contributed by atoms with Crippen molar-refractivity contribution in [2.45, 2.75) is 19.1 Å². The van der Waals surface area contributed by atoms with Gasteiger partial charge in [-0.2, -0.15) is 12.6 Å². The summed E-state index contributed by atoms with van der Waals surface area (Å²) in [4.78, 5) is 0. The summed E-state index contributed by atoms with van der Waals surface area (Å²) in [5.74, 6) is -0.227. The first-order valence-electron chi connectivity index (χ1n) is 3.66. The van der Waals surface area contributed by atoms with Crippen molar-refractivity contribution in [1.82, 2.24) is 0 Å². The van der Waals surface area contributed by atoms with Gasteiger partial charge in [0.1, 0.15) is 5.82 Å². The van der Waals surface area contributed by atoms with E-state index in [0.29, 0.717) is 10.6 Å². The molecule has 0 saturated carbocycles. The maximum Gasteiger partial charge on any atom is 0.126 e. The molecule has 0 aliphatic heterocycles. The summed E-state index contributed by atoms with van der Waals surface area (Å²) in [6.07, 6.45) is 0. The molecule has 0 aliphatic carbocycles. The van der Waals surface area contributed by atoms with Crippen LogP contribution in [-0.2, 0) is 0 Å². The van der Waals surface area contributed by atoms with E-state index in [1.165, 1.54) is 6.07 Å². The third kappa shape index (κ3) is 1.93. The number of rotatable bonds is 1. The van der Waals surface area contributed by atoms with Crippen molar-refractivity contribution >= 4 is 24.2 Å². The first kappa shape index (κ1) is 9.87. The second-order valence-corrected chi connectivity index (χ2v) is 3.98. The summed E-state index contributed by atoms with van der Waals surface area (Å²) in [6.45, 7) is 3.55. The second kappa shape index (κ2) is 3.67. The molecular weight excluding hydrogens is 195 g/mol. The quantitative estimate of drug-likeness (QED) is 0.662. The number of hydrogen-bond acceptors (Lipinski definition) is 1. The Bertz CT molecular complexity index is 297. The minimum Gasteiger partial charge on any atom is -0.207 e. The topological polar surface area (TPSA) is 0 Å². The molecule has 0 radical (unpaired) electrons. The molecule has 1 aromatic rings. The Kier molecular flexibility index (Phi) is 3.02. The lowest BCUT2D eigenvalue weighted by atomic mass is 10.1. The van der Waals surface area contributed by atoms with Crippen molar-refractivity contribution < 1.29 is 4.39 Å². The van der Waals surface area contributed by atoms with Crippen molar-refractivity contribution in [2.75, 3.05) is 0 Å². The first-order chi connectivity index (χ1) is 5.52. The van der Waals surface area contributed by atoms with E-state index in [4.69, 9.17) is 11.6 Å². The monoisotopic (exact) mass is 204 g/mol. The van der Waals surface area contributed by atoms with Crippen LogP contribution in [-0.4, -0.2) is 0 Å². The molecule has 0 nitrogen and oxygen atoms in total. The van der Waals surface area contributed by atoms with Gasteiger partial charge in [-0.1, -0.05) is 11.6 Å². The van der Waals surface area contributed by atoms with Gasteiger partial charge in [-0.25, -0.2) is 4.39 Å². The highest BCUT2D eigenvalue weighted by Gasteiger charge is 2.08. The number of thiol groups is 1. The van der Waals surface area contributed by atoms with Gasteiger partial charge in [-0.05, 0) is 37.1 Å². The zero-order valence-corrected chi connectivity index (χ0v) is 8.59. The molecule has 0 spiro atoms. The fourth-order valence-electron chi connectivity index (χ4n) is 0.982. The molecule has 0 bridgehead atoms. The van der Waals surface area contributed by atoms with Gasteiger partial charge < -0.3 is 0 Å². The lowest BCUT2D eigenvalue weighted by Crippen LogP contribution is -1.91. The van der Waals surface area contributed by atoms with Crippen LogP contribution in [0.15, 0.2) is 12.1 Å². The van der Waals surface area contributed by atoms with Gasteiger partial charge in [-0.15, -0.1) is 0 Å². The van der Waals surface area contributed by atoms with Crippen molar-refractivity contribution in [1.29, 1.82) is 0 Å². The van der Waals surface area contributed by atoms with E-state index in [-0.39, 0.29) is 11.1 Å². The van der Waals surface area contributed by atoms with Crippen LogP contribution in [0.1, 0.15) is 23.3 Å². The predicted molar refractivity (Wildman–Crippen MR) is 53.5 cm³/mol. The van der Waals surface area contributed by atoms with Gasteiger partial charge in [0.25, 0.3) is 0 Å². The van der Waals surface area contributed by atoms with Crippen LogP contribution in [0.25, 0.3) is 0 Å². The third-order valence-corrected chi connectivity index (χ3v) is 2.33. The first-order valence-corrected chi connectivity index (χ1v) is 4.55. The molecule has 1 atom stereocenters. The molecule has 1 unspecified atom stereocenters. The van der Waals surface area contributed by atoms with E-state index in [1.54, 1.807) is 13.0 Å². The van der Waals surface area contributed by atoms with Crippen LogP contribution in [0, 0.1) is 12.7 Å². The molecule has 3 heteroatoms. The molecule has 0 aliphatic rings. The number of benzene rings is 1. The van der Waals surface area contributed by atoms with Crippen molar-refractivity contribution in [3.05, 3.63) is 34.1 Å². The molecule has 0 fully saturated rings. The summed E-state index contributed by atoms with van der Waals surface area (Å²) in [5, 5.41) is 0.545. The molecule has 0 saturated heterocycles. The lowest BCUT2D eigenvalue weighted by Gasteiger charge is -2.08. The van der Waals surface area contributed by atoms with Gasteiger partial charge >= 0.3 is 0 Å². The smallest absolute Gasteiger partial charge is 0.126 e. The van der Waals surface area contributed by atoms with E-state index in [0.717, 1.165) is 5.56 Å². The summed E-state index contributed by atoms with van der Waals surface area (Å²) in [5.41, 5.74) is 1.31. The zero-order valence-electron chi connectivity index (χ0n) is 6.94. The Labute approximate surface area is 82.2 Å². The van der Waals surface area contributed by atoms with Gasteiger partial charge in [0.2, 0.25) is 0 Å². The maximum absolute atomic E-state index is 13.0. The van der Waals surface area contributed by atoms with Crippen molar-refractivity contribution in [2.24, 2.45) is 0 Å². The minimum absolute atomic E-state index is 0.0346. The molecule has 0 aromatic heterocycles. The molecular formula is C9H10ClFS. The van der Waals surface area contributed by atoms with Crippen LogP contribution in [0.2, 0.25) is 5.02 Å². The zero-order chi connectivity index (χ0) is 9.30. The Balaban J connectivity index is 3.23. The molecule has 66 valence electrons. The van der Waals surface area contributed by atoms with Crippen LogP contribution >= 0.6 is 24.2 Å². The highest BCUT2D eigenvalue weighted by atomic mass is 35.5. The van der Waals surface area contributed by atoms with E-state index in [2.05, 4.69) is 12.6 Å². The largest absolute Gasteiger partial charge is 0.207 e. The Morgan fingerprint density at radius 1 is 1.50 bits per heavy atom. The number of aryl methyl sites for hydroxylation is 1. The molecule has 0 heterocycles. The third-order valence-electron chi connectivity index (χ3n) is 1.73. The summed E-state index contributed by atoms with van der Waals surface area (Å²) < 4.78 is 13.0. The minimum atomic E-state index is -0.227. The van der Waals surface area contributed by atoms with E-state index < -0.39 is 0 Å². The average molecular weight is 205 g/mol. The van der Waals surface area contributed by atoms with Gasteiger partial charge in [-0.3, -0.25) is 0 Å². The van der Waals surface area contributed by atoms with Gasteiger partial charge in [0, 0.05) is 10.3 Å². The highest BCUT2D eigenvalue weighted by molar-refractivity contribution is 7.80. The predicted octanol–water partition coefficient (Wildman–Crippen LogP) is 3.78. The summed E-state index contributed by atoms with van der Waals surface area (Å²) in [6, 6.07) is 3.06. The van der Waals surface area contributed by atoms with Crippen LogP contribution in [0.3, 0.4) is 0 Å². The van der Waals surface area contributed by atoms with E-state index >= 15 is 0 Å². The van der Waals surface area contributed by atoms with Gasteiger partial charge in [0.05, 0.1) is 0 Å². The molecule has 1 rings (SSSR count). The SMILES string of the molecule is Cc1cc(Cl)c(C(C)S)cc1F. The Morgan fingerprint density at radius 3 is 2.58 bits per heavy atom. The van der Waals surface area contributed by atoms with Crippen molar-refractivity contribution in [3.8, 4) is 0 Å². The fourth-order valence-corrected chi connectivity index (χ4v) is 1.65. The number of hydrogen-bond donors (Lipinski definition) is 1. The molecule has 0 N–H and O–H groups in total. The molecule has 12 heavy (non-hydrogen) atoms. The van der Waals surface area contributed by atoms with Crippen LogP contribution in [0.4, 0.5) is 4.39 Å². The van der Waals surface area contributed by atoms with Crippen LogP contribution in [0.5, 0.6) is 0 Å². The Morgan fingerprint density at radius 2 is 2.08 bits per heavy atom. The fraction of sp³-hybridized carbons (Fsp3) is 0.333. The van der Waals surface area contributed by atoms with E-state index in [9.17, 15) is 4.39 Å². The van der Waals surface area contributed by atoms with Crippen molar-refractivity contribution in [3.63, 3.8) is 0 Å². The molecule has 0 amide bonds. The van der Waals surface area contributed by atoms with Crippen LogP contribution < -0.4 is 0 Å².